The van der Waals surface area contributed by atoms with Crippen LogP contribution in [0.2, 0.25) is 0 Å². The van der Waals surface area contributed by atoms with E-state index >= 15 is 0 Å². The third-order valence-corrected chi connectivity index (χ3v) is 4.01. The van der Waals surface area contributed by atoms with E-state index in [1.807, 2.05) is 11.9 Å². The Bertz CT molecular complexity index is 250. The van der Waals surface area contributed by atoms with Gasteiger partial charge in [0.25, 0.3) is 0 Å². The van der Waals surface area contributed by atoms with Crippen LogP contribution in [-0.4, -0.2) is 30.4 Å². The Labute approximate surface area is 98.4 Å². The first-order valence-electron chi connectivity index (χ1n) is 6.67. The summed E-state index contributed by atoms with van der Waals surface area (Å²) in [6, 6.07) is 0.250. The van der Waals surface area contributed by atoms with Gasteiger partial charge in [0.05, 0.1) is 0 Å². The zero-order valence-electron chi connectivity index (χ0n) is 10.3. The second-order valence-corrected chi connectivity index (χ2v) is 5.62. The molecule has 0 heterocycles. The molecule has 2 saturated carbocycles. The molecule has 0 spiro atoms. The lowest BCUT2D eigenvalue weighted by molar-refractivity contribution is -0.135. The summed E-state index contributed by atoms with van der Waals surface area (Å²) in [6.45, 7) is 0.940. The van der Waals surface area contributed by atoms with Crippen molar-refractivity contribution in [2.45, 2.75) is 51.0 Å². The molecule has 0 aliphatic heterocycles. The maximum absolute atomic E-state index is 12.1. The summed E-state index contributed by atoms with van der Waals surface area (Å²) in [5.41, 5.74) is 5.92. The summed E-state index contributed by atoms with van der Waals surface area (Å²) >= 11 is 0. The van der Waals surface area contributed by atoms with Crippen molar-refractivity contribution < 1.29 is 4.79 Å². The molecule has 1 amide bonds. The molecule has 2 atom stereocenters. The number of rotatable bonds is 4. The quantitative estimate of drug-likeness (QED) is 0.791. The van der Waals surface area contributed by atoms with Crippen LogP contribution in [-0.2, 0) is 4.79 Å². The zero-order chi connectivity index (χ0) is 11.5. The summed E-state index contributed by atoms with van der Waals surface area (Å²) in [6.07, 6.45) is 8.09. The minimum atomic E-state index is 0.202. The van der Waals surface area contributed by atoms with Crippen LogP contribution < -0.4 is 5.73 Å². The average Bonchev–Trinajstić information content (AvgIpc) is 3.08. The average molecular weight is 224 g/mol. The van der Waals surface area contributed by atoms with Gasteiger partial charge >= 0.3 is 0 Å². The van der Waals surface area contributed by atoms with E-state index in [-0.39, 0.29) is 12.0 Å². The van der Waals surface area contributed by atoms with Gasteiger partial charge in [-0.1, -0.05) is 19.3 Å². The lowest BCUT2D eigenvalue weighted by atomic mass is 9.85. The van der Waals surface area contributed by atoms with Crippen molar-refractivity contribution >= 4 is 5.91 Å². The van der Waals surface area contributed by atoms with E-state index < -0.39 is 0 Å². The molecule has 0 aromatic rings. The number of carbonyl (C=O) groups excluding carboxylic acids is 1. The van der Waals surface area contributed by atoms with Crippen molar-refractivity contribution in [2.75, 3.05) is 13.6 Å². The Morgan fingerprint density at radius 2 is 2.06 bits per heavy atom. The summed E-state index contributed by atoms with van der Waals surface area (Å²) in [7, 11) is 1.95. The monoisotopic (exact) mass is 224 g/mol. The smallest absolute Gasteiger partial charge is 0.225 e. The molecular weight excluding hydrogens is 200 g/mol. The van der Waals surface area contributed by atoms with Crippen LogP contribution in [0.3, 0.4) is 0 Å². The predicted molar refractivity (Wildman–Crippen MR) is 64.9 cm³/mol. The van der Waals surface area contributed by atoms with Gasteiger partial charge in [-0.3, -0.25) is 4.79 Å². The van der Waals surface area contributed by atoms with Crippen LogP contribution in [0.5, 0.6) is 0 Å². The summed E-state index contributed by atoms with van der Waals surface area (Å²) in [4.78, 5) is 14.1. The molecule has 2 aliphatic carbocycles. The number of amides is 1. The largest absolute Gasteiger partial charge is 0.346 e. The topological polar surface area (TPSA) is 46.3 Å². The van der Waals surface area contributed by atoms with E-state index in [2.05, 4.69) is 0 Å². The fourth-order valence-corrected chi connectivity index (χ4v) is 2.66. The molecule has 2 aliphatic rings. The van der Waals surface area contributed by atoms with Gasteiger partial charge in [0.2, 0.25) is 5.91 Å². The van der Waals surface area contributed by atoms with Gasteiger partial charge < -0.3 is 10.6 Å². The van der Waals surface area contributed by atoms with Crippen LogP contribution in [0, 0.1) is 11.8 Å². The highest BCUT2D eigenvalue weighted by Gasteiger charge is 2.28. The van der Waals surface area contributed by atoms with E-state index in [1.54, 1.807) is 0 Å². The molecule has 2 rings (SSSR count). The lowest BCUT2D eigenvalue weighted by Gasteiger charge is -2.29. The van der Waals surface area contributed by atoms with Crippen molar-refractivity contribution in [1.29, 1.82) is 0 Å². The molecule has 0 aromatic carbocycles. The van der Waals surface area contributed by atoms with Crippen LogP contribution in [0.25, 0.3) is 0 Å². The van der Waals surface area contributed by atoms with E-state index in [0.717, 1.165) is 38.1 Å². The third kappa shape index (κ3) is 3.21. The predicted octanol–water partition coefficient (Wildman–Crippen LogP) is 1.76. The third-order valence-electron chi connectivity index (χ3n) is 4.01. The first-order valence-corrected chi connectivity index (χ1v) is 6.67. The Hall–Kier alpha value is -0.570. The minimum Gasteiger partial charge on any atom is -0.346 e. The first-order chi connectivity index (χ1) is 7.66. The molecule has 0 radical (unpaired) electrons. The van der Waals surface area contributed by atoms with Crippen molar-refractivity contribution in [3.8, 4) is 0 Å². The highest BCUT2D eigenvalue weighted by molar-refractivity contribution is 5.78. The van der Waals surface area contributed by atoms with Gasteiger partial charge in [0, 0.05) is 25.6 Å². The summed E-state index contributed by atoms with van der Waals surface area (Å²) in [5, 5.41) is 0. The van der Waals surface area contributed by atoms with Crippen LogP contribution >= 0.6 is 0 Å². The fourth-order valence-electron chi connectivity index (χ4n) is 2.66. The van der Waals surface area contributed by atoms with E-state index in [4.69, 9.17) is 5.73 Å². The number of nitrogens with zero attached hydrogens (tertiary/aromatic N) is 1. The molecule has 0 saturated heterocycles. The van der Waals surface area contributed by atoms with E-state index in [1.165, 1.54) is 19.3 Å². The van der Waals surface area contributed by atoms with E-state index in [9.17, 15) is 4.79 Å². The van der Waals surface area contributed by atoms with Gasteiger partial charge in [0.15, 0.2) is 0 Å². The van der Waals surface area contributed by atoms with Crippen LogP contribution in [0.15, 0.2) is 0 Å². The highest BCUT2D eigenvalue weighted by Crippen LogP contribution is 2.32. The summed E-state index contributed by atoms with van der Waals surface area (Å²) < 4.78 is 0. The van der Waals surface area contributed by atoms with Gasteiger partial charge in [-0.2, -0.15) is 0 Å². The molecule has 2 unspecified atom stereocenters. The number of hydrogen-bond acceptors (Lipinski definition) is 2. The molecule has 16 heavy (non-hydrogen) atoms. The Balaban J connectivity index is 1.75. The van der Waals surface area contributed by atoms with Gasteiger partial charge in [-0.25, -0.2) is 0 Å². The van der Waals surface area contributed by atoms with Crippen LogP contribution in [0.4, 0.5) is 0 Å². The maximum Gasteiger partial charge on any atom is 0.225 e. The first kappa shape index (κ1) is 11.9. The minimum absolute atomic E-state index is 0.202. The Morgan fingerprint density at radius 3 is 2.69 bits per heavy atom. The van der Waals surface area contributed by atoms with Gasteiger partial charge in [-0.15, -0.1) is 0 Å². The molecule has 0 bridgehead atoms. The van der Waals surface area contributed by atoms with E-state index in [0.29, 0.717) is 5.91 Å². The van der Waals surface area contributed by atoms with Gasteiger partial charge in [0.1, 0.15) is 0 Å². The Morgan fingerprint density at radius 1 is 1.31 bits per heavy atom. The second kappa shape index (κ2) is 5.17. The molecule has 3 heteroatoms. The van der Waals surface area contributed by atoms with Crippen molar-refractivity contribution in [1.82, 2.24) is 4.90 Å². The maximum atomic E-state index is 12.1. The van der Waals surface area contributed by atoms with Crippen molar-refractivity contribution in [2.24, 2.45) is 17.6 Å². The molecule has 0 aromatic heterocycles. The highest BCUT2D eigenvalue weighted by atomic mass is 16.2. The van der Waals surface area contributed by atoms with Gasteiger partial charge in [-0.05, 0) is 31.6 Å². The fraction of sp³-hybridized carbons (Fsp3) is 0.923. The summed E-state index contributed by atoms with van der Waals surface area (Å²) in [5.74, 6) is 1.44. The second-order valence-electron chi connectivity index (χ2n) is 5.62. The lowest BCUT2D eigenvalue weighted by Crippen LogP contribution is -2.39. The molecule has 2 N–H and O–H groups in total. The molecular formula is C13H24N2O. The number of nitrogens with two attached hydrogens (primary N) is 1. The SMILES string of the molecule is CN(CCC1CC1)C(=O)C1CCCC(N)C1. The van der Waals surface area contributed by atoms with Crippen molar-refractivity contribution in [3.05, 3.63) is 0 Å². The van der Waals surface area contributed by atoms with Crippen LogP contribution in [0.1, 0.15) is 44.9 Å². The standard InChI is InChI=1S/C13H24N2O/c1-15(8-7-10-5-6-10)13(16)11-3-2-4-12(14)9-11/h10-12H,2-9,14H2,1H3. The zero-order valence-corrected chi connectivity index (χ0v) is 10.3. The molecule has 3 nitrogen and oxygen atoms in total. The van der Waals surface area contributed by atoms with Crippen molar-refractivity contribution in [3.63, 3.8) is 0 Å². The number of carbonyl (C=O) groups is 1. The number of hydrogen-bond donors (Lipinski definition) is 1. The Kier molecular flexibility index (Phi) is 3.85. The molecule has 92 valence electrons. The normalized spacial score (nSPS) is 30.1. The molecule has 2 fully saturated rings.